The molecule has 1 amide bonds. The average molecular weight is 272 g/mol. The Bertz CT molecular complexity index is 478. The molecule has 0 unspecified atom stereocenters. The van der Waals surface area contributed by atoms with Gasteiger partial charge in [-0.1, -0.05) is 19.9 Å². The van der Waals surface area contributed by atoms with E-state index in [9.17, 15) is 4.79 Å². The molecule has 0 aliphatic heterocycles. The van der Waals surface area contributed by atoms with Crippen molar-refractivity contribution in [1.82, 2.24) is 0 Å². The predicted octanol–water partition coefficient (Wildman–Crippen LogP) is 3.88. The molecule has 20 heavy (non-hydrogen) atoms. The number of hydrogen-bond acceptors (Lipinski definition) is 2. The van der Waals surface area contributed by atoms with Crippen LogP contribution in [0.4, 0.5) is 11.4 Å². The zero-order valence-corrected chi connectivity index (χ0v) is 12.4. The van der Waals surface area contributed by atoms with Gasteiger partial charge in [0.15, 0.2) is 0 Å². The number of amides is 1. The maximum Gasteiger partial charge on any atom is 0.226 e. The third-order valence-corrected chi connectivity index (χ3v) is 4.25. The number of anilines is 2. The highest BCUT2D eigenvalue weighted by Gasteiger charge is 2.41. The van der Waals surface area contributed by atoms with Crippen LogP contribution in [0, 0.1) is 17.8 Å². The van der Waals surface area contributed by atoms with E-state index in [-0.39, 0.29) is 11.8 Å². The van der Waals surface area contributed by atoms with Gasteiger partial charge >= 0.3 is 0 Å². The van der Waals surface area contributed by atoms with Gasteiger partial charge in [0, 0.05) is 23.3 Å². The molecule has 0 atom stereocenters. The molecule has 2 N–H and O–H groups in total. The molecule has 2 aliphatic carbocycles. The highest BCUT2D eigenvalue weighted by Crippen LogP contribution is 2.45. The number of hydrogen-bond donors (Lipinski definition) is 2. The summed E-state index contributed by atoms with van der Waals surface area (Å²) in [4.78, 5) is 11.8. The Morgan fingerprint density at radius 1 is 1.10 bits per heavy atom. The van der Waals surface area contributed by atoms with E-state index in [1.807, 2.05) is 26.0 Å². The van der Waals surface area contributed by atoms with Crippen LogP contribution < -0.4 is 10.6 Å². The van der Waals surface area contributed by atoms with Crippen LogP contribution in [0.15, 0.2) is 24.3 Å². The summed E-state index contributed by atoms with van der Waals surface area (Å²) < 4.78 is 0. The fraction of sp³-hybridized carbons (Fsp3) is 0.588. The second-order valence-electron chi connectivity index (χ2n) is 6.57. The molecular weight excluding hydrogens is 248 g/mol. The number of benzene rings is 1. The standard InChI is InChI=1S/C17H24N2O/c1-11(2)17(20)19-15-5-3-4-14(10-15)18-16(12-6-7-12)13-8-9-13/h3-5,10-13,16,18H,6-9H2,1-2H3,(H,19,20). The number of carbonyl (C=O) groups excluding carboxylic acids is 1. The lowest BCUT2D eigenvalue weighted by Crippen LogP contribution is -2.24. The lowest BCUT2D eigenvalue weighted by Gasteiger charge is -2.19. The number of rotatable bonds is 6. The van der Waals surface area contributed by atoms with Gasteiger partial charge in [0.25, 0.3) is 0 Å². The first-order valence-corrected chi connectivity index (χ1v) is 7.81. The van der Waals surface area contributed by atoms with Gasteiger partial charge in [-0.2, -0.15) is 0 Å². The summed E-state index contributed by atoms with van der Waals surface area (Å²) in [5.41, 5.74) is 2.02. The van der Waals surface area contributed by atoms with Crippen molar-refractivity contribution in [3.05, 3.63) is 24.3 Å². The maximum absolute atomic E-state index is 11.8. The first kappa shape index (κ1) is 13.5. The highest BCUT2D eigenvalue weighted by molar-refractivity contribution is 5.92. The maximum atomic E-state index is 11.8. The molecule has 3 rings (SSSR count). The van der Waals surface area contributed by atoms with Crippen molar-refractivity contribution in [2.75, 3.05) is 10.6 Å². The fourth-order valence-corrected chi connectivity index (χ4v) is 2.70. The molecule has 0 bridgehead atoms. The summed E-state index contributed by atoms with van der Waals surface area (Å²) in [5, 5.41) is 6.66. The van der Waals surface area contributed by atoms with Crippen LogP contribution in [0.1, 0.15) is 39.5 Å². The fourth-order valence-electron chi connectivity index (χ4n) is 2.70. The Balaban J connectivity index is 1.65. The Hall–Kier alpha value is -1.51. The third-order valence-electron chi connectivity index (χ3n) is 4.25. The SMILES string of the molecule is CC(C)C(=O)Nc1cccc(NC(C2CC2)C2CC2)c1. The minimum Gasteiger partial charge on any atom is -0.382 e. The summed E-state index contributed by atoms with van der Waals surface area (Å²) in [5.74, 6) is 1.83. The molecule has 0 aromatic heterocycles. The minimum absolute atomic E-state index is 0.0114. The van der Waals surface area contributed by atoms with Crippen LogP contribution in [0.25, 0.3) is 0 Å². The Morgan fingerprint density at radius 3 is 2.25 bits per heavy atom. The van der Waals surface area contributed by atoms with E-state index in [1.165, 1.54) is 25.7 Å². The first-order chi connectivity index (χ1) is 9.63. The monoisotopic (exact) mass is 272 g/mol. The molecule has 0 saturated heterocycles. The first-order valence-electron chi connectivity index (χ1n) is 7.81. The smallest absolute Gasteiger partial charge is 0.226 e. The third kappa shape index (κ3) is 3.33. The van der Waals surface area contributed by atoms with E-state index in [1.54, 1.807) is 0 Å². The van der Waals surface area contributed by atoms with Crippen LogP contribution >= 0.6 is 0 Å². The normalized spacial score (nSPS) is 18.4. The Labute approximate surface area is 121 Å². The van der Waals surface area contributed by atoms with Crippen LogP contribution in [-0.4, -0.2) is 11.9 Å². The molecule has 1 aromatic rings. The van der Waals surface area contributed by atoms with E-state index in [0.717, 1.165) is 23.2 Å². The van der Waals surface area contributed by atoms with Crippen LogP contribution in [0.2, 0.25) is 0 Å². The van der Waals surface area contributed by atoms with Crippen molar-refractivity contribution >= 4 is 17.3 Å². The van der Waals surface area contributed by atoms with Crippen molar-refractivity contribution in [3.8, 4) is 0 Å². The summed E-state index contributed by atoms with van der Waals surface area (Å²) in [6.07, 6.45) is 5.49. The van der Waals surface area contributed by atoms with E-state index in [2.05, 4.69) is 22.8 Å². The van der Waals surface area contributed by atoms with Gasteiger partial charge < -0.3 is 10.6 Å². The van der Waals surface area contributed by atoms with Crippen molar-refractivity contribution in [2.24, 2.45) is 17.8 Å². The Kier molecular flexibility index (Phi) is 3.68. The lowest BCUT2D eigenvalue weighted by molar-refractivity contribution is -0.118. The van der Waals surface area contributed by atoms with Gasteiger partial charge in [-0.15, -0.1) is 0 Å². The lowest BCUT2D eigenvalue weighted by atomic mass is 10.1. The van der Waals surface area contributed by atoms with Gasteiger partial charge in [0.05, 0.1) is 0 Å². The second kappa shape index (κ2) is 5.47. The summed E-state index contributed by atoms with van der Waals surface area (Å²) >= 11 is 0. The van der Waals surface area contributed by atoms with Crippen molar-refractivity contribution in [1.29, 1.82) is 0 Å². The van der Waals surface area contributed by atoms with Gasteiger partial charge in [-0.05, 0) is 55.7 Å². The minimum atomic E-state index is 0.0114. The molecule has 3 nitrogen and oxygen atoms in total. The van der Waals surface area contributed by atoms with Crippen molar-refractivity contribution in [3.63, 3.8) is 0 Å². The largest absolute Gasteiger partial charge is 0.382 e. The molecule has 0 spiro atoms. The van der Waals surface area contributed by atoms with E-state index >= 15 is 0 Å². The Morgan fingerprint density at radius 2 is 1.70 bits per heavy atom. The zero-order chi connectivity index (χ0) is 14.1. The van der Waals surface area contributed by atoms with E-state index in [4.69, 9.17) is 0 Å². The molecule has 0 radical (unpaired) electrons. The highest BCUT2D eigenvalue weighted by atomic mass is 16.1. The predicted molar refractivity (Wildman–Crippen MR) is 82.8 cm³/mol. The van der Waals surface area contributed by atoms with Crippen molar-refractivity contribution < 1.29 is 4.79 Å². The molecule has 2 aliphatic rings. The molecule has 108 valence electrons. The van der Waals surface area contributed by atoms with Gasteiger partial charge in [-0.25, -0.2) is 0 Å². The molecular formula is C17H24N2O. The summed E-state index contributed by atoms with van der Waals surface area (Å²) in [6, 6.07) is 8.76. The molecule has 3 heteroatoms. The van der Waals surface area contributed by atoms with Crippen LogP contribution in [-0.2, 0) is 4.79 Å². The van der Waals surface area contributed by atoms with Crippen molar-refractivity contribution in [2.45, 2.75) is 45.6 Å². The van der Waals surface area contributed by atoms with Crippen LogP contribution in [0.3, 0.4) is 0 Å². The second-order valence-corrected chi connectivity index (χ2v) is 6.57. The molecule has 2 saturated carbocycles. The van der Waals surface area contributed by atoms with Gasteiger partial charge in [0.2, 0.25) is 5.91 Å². The zero-order valence-electron chi connectivity index (χ0n) is 12.4. The summed E-state index contributed by atoms with van der Waals surface area (Å²) in [7, 11) is 0. The van der Waals surface area contributed by atoms with E-state index < -0.39 is 0 Å². The van der Waals surface area contributed by atoms with Gasteiger partial charge in [-0.3, -0.25) is 4.79 Å². The van der Waals surface area contributed by atoms with Crippen LogP contribution in [0.5, 0.6) is 0 Å². The molecule has 2 fully saturated rings. The van der Waals surface area contributed by atoms with Gasteiger partial charge in [0.1, 0.15) is 0 Å². The summed E-state index contributed by atoms with van der Waals surface area (Å²) in [6.45, 7) is 3.82. The topological polar surface area (TPSA) is 41.1 Å². The number of carbonyl (C=O) groups is 1. The average Bonchev–Trinajstić information content (AvgIpc) is 3.28. The molecule has 0 heterocycles. The number of nitrogens with one attached hydrogen (secondary N) is 2. The van der Waals surface area contributed by atoms with E-state index in [0.29, 0.717) is 6.04 Å². The quantitative estimate of drug-likeness (QED) is 0.825. The molecule has 1 aromatic carbocycles.